The molecule has 2 aromatic carbocycles. The number of aromatic nitrogens is 2. The van der Waals surface area contributed by atoms with Crippen molar-refractivity contribution >= 4 is 58.5 Å². The average molecular weight is 394 g/mol. The van der Waals surface area contributed by atoms with Gasteiger partial charge in [0, 0.05) is 22.0 Å². The summed E-state index contributed by atoms with van der Waals surface area (Å²) >= 11 is 13.9. The van der Waals surface area contributed by atoms with Crippen molar-refractivity contribution in [3.05, 3.63) is 68.6 Å². The first-order chi connectivity index (χ1) is 11.6. The number of hydrogen-bond donors (Lipinski definition) is 2. The van der Waals surface area contributed by atoms with E-state index in [0.717, 1.165) is 15.7 Å². The molecule has 24 heavy (non-hydrogen) atoms. The van der Waals surface area contributed by atoms with E-state index in [9.17, 15) is 4.79 Å². The quantitative estimate of drug-likeness (QED) is 0.450. The molecule has 1 heterocycles. The fraction of sp³-hybridized carbons (Fsp3) is 0.0625. The zero-order valence-corrected chi connectivity index (χ0v) is 15.5. The third kappa shape index (κ3) is 4.67. The van der Waals surface area contributed by atoms with E-state index in [0.29, 0.717) is 20.2 Å². The molecule has 0 saturated heterocycles. The van der Waals surface area contributed by atoms with E-state index in [2.05, 4.69) is 15.5 Å². The largest absolute Gasteiger partial charge is 0.322 e. The molecule has 1 aromatic heterocycles. The van der Waals surface area contributed by atoms with E-state index in [-0.39, 0.29) is 5.91 Å². The zero-order valence-electron chi connectivity index (χ0n) is 12.3. The smallest absolute Gasteiger partial charge is 0.255 e. The van der Waals surface area contributed by atoms with E-state index in [1.807, 2.05) is 24.3 Å². The molecule has 0 unspecified atom stereocenters. The minimum Gasteiger partial charge on any atom is -0.322 e. The fourth-order valence-electron chi connectivity index (χ4n) is 1.91. The Morgan fingerprint density at radius 3 is 2.54 bits per heavy atom. The van der Waals surface area contributed by atoms with Crippen molar-refractivity contribution in [3.63, 3.8) is 0 Å². The van der Waals surface area contributed by atoms with Crippen molar-refractivity contribution in [2.45, 2.75) is 10.1 Å². The van der Waals surface area contributed by atoms with E-state index < -0.39 is 0 Å². The van der Waals surface area contributed by atoms with Gasteiger partial charge in [0.1, 0.15) is 0 Å². The Hall–Kier alpha value is -1.67. The van der Waals surface area contributed by atoms with Gasteiger partial charge in [0.05, 0.1) is 0 Å². The van der Waals surface area contributed by atoms with Crippen molar-refractivity contribution in [1.29, 1.82) is 0 Å². The van der Waals surface area contributed by atoms with Gasteiger partial charge < -0.3 is 5.32 Å². The van der Waals surface area contributed by atoms with Gasteiger partial charge in [-0.3, -0.25) is 9.89 Å². The number of hydrogen-bond acceptors (Lipinski definition) is 5. The van der Waals surface area contributed by atoms with Crippen LogP contribution in [0.3, 0.4) is 0 Å². The number of benzene rings is 2. The summed E-state index contributed by atoms with van der Waals surface area (Å²) in [5, 5.41) is 10.3. The maximum atomic E-state index is 12.2. The van der Waals surface area contributed by atoms with Crippen LogP contribution in [0, 0.1) is 3.95 Å². The number of aromatic amines is 1. The standard InChI is InChI=1S/C16H12ClN3OS3/c17-12-5-7-13(8-6-12)18-14(21)11-3-1-10(2-4-11)9-23-16-20-19-15(22)24-16/h1-8H,9H2,(H,18,21)(H,19,22). The van der Waals surface area contributed by atoms with Crippen LogP contribution in [0.2, 0.25) is 5.02 Å². The van der Waals surface area contributed by atoms with Crippen LogP contribution in [0.5, 0.6) is 0 Å². The van der Waals surface area contributed by atoms with Gasteiger partial charge in [-0.1, -0.05) is 46.8 Å². The highest BCUT2D eigenvalue weighted by atomic mass is 35.5. The second kappa shape index (κ2) is 7.94. The SMILES string of the molecule is O=C(Nc1ccc(Cl)cc1)c1ccc(CSc2n[nH]c(=S)s2)cc1. The molecule has 0 aliphatic rings. The first kappa shape index (κ1) is 17.2. The van der Waals surface area contributed by atoms with Gasteiger partial charge in [-0.25, -0.2) is 0 Å². The van der Waals surface area contributed by atoms with Gasteiger partial charge in [-0.05, 0) is 54.2 Å². The number of anilines is 1. The van der Waals surface area contributed by atoms with E-state index in [4.69, 9.17) is 23.8 Å². The molecule has 1 amide bonds. The summed E-state index contributed by atoms with van der Waals surface area (Å²) in [5.74, 6) is 0.622. The van der Waals surface area contributed by atoms with Gasteiger partial charge in [0.25, 0.3) is 5.91 Å². The molecule has 0 atom stereocenters. The first-order valence-electron chi connectivity index (χ1n) is 6.94. The van der Waals surface area contributed by atoms with Crippen LogP contribution in [0.15, 0.2) is 52.9 Å². The third-order valence-electron chi connectivity index (χ3n) is 3.10. The van der Waals surface area contributed by atoms with Crippen molar-refractivity contribution < 1.29 is 4.79 Å². The molecule has 0 aliphatic carbocycles. The minimum absolute atomic E-state index is 0.151. The maximum absolute atomic E-state index is 12.2. The summed E-state index contributed by atoms with van der Waals surface area (Å²) in [6.45, 7) is 0. The normalized spacial score (nSPS) is 10.5. The van der Waals surface area contributed by atoms with E-state index in [1.165, 1.54) is 11.3 Å². The molecule has 3 rings (SSSR count). The van der Waals surface area contributed by atoms with Crippen LogP contribution in [-0.2, 0) is 5.75 Å². The molecule has 0 radical (unpaired) electrons. The van der Waals surface area contributed by atoms with Crippen LogP contribution in [0.25, 0.3) is 0 Å². The third-order valence-corrected chi connectivity index (χ3v) is 5.65. The molecule has 0 aliphatic heterocycles. The van der Waals surface area contributed by atoms with E-state index in [1.54, 1.807) is 36.0 Å². The number of halogens is 1. The number of amides is 1. The topological polar surface area (TPSA) is 57.8 Å². The molecule has 0 fully saturated rings. The number of nitrogens with zero attached hydrogens (tertiary/aromatic N) is 1. The molecule has 0 bridgehead atoms. The lowest BCUT2D eigenvalue weighted by molar-refractivity contribution is 0.102. The second-order valence-electron chi connectivity index (χ2n) is 4.83. The summed E-state index contributed by atoms with van der Waals surface area (Å²) in [7, 11) is 0. The molecule has 2 N–H and O–H groups in total. The highest BCUT2D eigenvalue weighted by Gasteiger charge is 2.07. The van der Waals surface area contributed by atoms with Crippen LogP contribution < -0.4 is 5.32 Å². The van der Waals surface area contributed by atoms with E-state index >= 15 is 0 Å². The van der Waals surface area contributed by atoms with Gasteiger partial charge in [-0.2, -0.15) is 5.10 Å². The Balaban J connectivity index is 1.59. The number of H-pyrrole nitrogens is 1. The lowest BCUT2D eigenvalue weighted by atomic mass is 10.1. The Bertz CT molecular complexity index is 888. The van der Waals surface area contributed by atoms with Crippen molar-refractivity contribution in [2.75, 3.05) is 5.32 Å². The number of carbonyl (C=O) groups excluding carboxylic acids is 1. The van der Waals surface area contributed by atoms with Gasteiger partial charge in [0.15, 0.2) is 8.29 Å². The number of carbonyl (C=O) groups is 1. The summed E-state index contributed by atoms with van der Waals surface area (Å²) in [6, 6.07) is 14.5. The van der Waals surface area contributed by atoms with Crippen LogP contribution in [0.4, 0.5) is 5.69 Å². The zero-order chi connectivity index (χ0) is 16.9. The fourth-order valence-corrected chi connectivity index (χ4v) is 4.07. The monoisotopic (exact) mass is 393 g/mol. The maximum Gasteiger partial charge on any atom is 0.255 e. The van der Waals surface area contributed by atoms with Crippen molar-refractivity contribution in [2.24, 2.45) is 0 Å². The number of rotatable bonds is 5. The van der Waals surface area contributed by atoms with Crippen molar-refractivity contribution in [3.8, 4) is 0 Å². The lowest BCUT2D eigenvalue weighted by Gasteiger charge is -2.06. The Kier molecular flexibility index (Phi) is 5.68. The second-order valence-corrected chi connectivity index (χ2v) is 8.15. The summed E-state index contributed by atoms with van der Waals surface area (Å²) < 4.78 is 1.58. The molecule has 8 heteroatoms. The highest BCUT2D eigenvalue weighted by molar-refractivity contribution is 8.00. The Morgan fingerprint density at radius 2 is 1.92 bits per heavy atom. The Labute approximate surface area is 157 Å². The summed E-state index contributed by atoms with van der Waals surface area (Å²) in [6.07, 6.45) is 0. The van der Waals surface area contributed by atoms with Crippen LogP contribution in [0.1, 0.15) is 15.9 Å². The minimum atomic E-state index is -0.151. The predicted octanol–water partition coefficient (Wildman–Crippen LogP) is 5.40. The predicted molar refractivity (Wildman–Crippen MR) is 103 cm³/mol. The average Bonchev–Trinajstić information content (AvgIpc) is 3.01. The van der Waals surface area contributed by atoms with Gasteiger partial charge in [0.2, 0.25) is 0 Å². The first-order valence-corrected chi connectivity index (χ1v) is 9.53. The van der Waals surface area contributed by atoms with Gasteiger partial charge >= 0.3 is 0 Å². The molecule has 0 spiro atoms. The van der Waals surface area contributed by atoms with Crippen molar-refractivity contribution in [1.82, 2.24) is 10.2 Å². The molecular formula is C16H12ClN3OS3. The number of thioether (sulfide) groups is 1. The molecule has 122 valence electrons. The van der Waals surface area contributed by atoms with Gasteiger partial charge in [-0.15, -0.1) is 0 Å². The molecule has 4 nitrogen and oxygen atoms in total. The molecule has 3 aromatic rings. The molecular weight excluding hydrogens is 382 g/mol. The molecule has 0 saturated carbocycles. The highest BCUT2D eigenvalue weighted by Crippen LogP contribution is 2.24. The number of nitrogens with one attached hydrogen (secondary N) is 2. The summed E-state index contributed by atoms with van der Waals surface area (Å²) in [5.41, 5.74) is 2.43. The van der Waals surface area contributed by atoms with Crippen LogP contribution >= 0.6 is 46.9 Å². The van der Waals surface area contributed by atoms with Crippen LogP contribution in [-0.4, -0.2) is 16.1 Å². The lowest BCUT2D eigenvalue weighted by Crippen LogP contribution is -2.11. The Morgan fingerprint density at radius 1 is 1.21 bits per heavy atom. The summed E-state index contributed by atoms with van der Waals surface area (Å²) in [4.78, 5) is 12.2.